The highest BCUT2D eigenvalue weighted by atomic mass is 16.5. The molecule has 5 rings (SSSR count). The third-order valence-corrected chi connectivity index (χ3v) is 6.45. The van der Waals surface area contributed by atoms with Gasteiger partial charge in [0.25, 0.3) is 5.91 Å². The number of aromatic amines is 1. The largest absolute Gasteiger partial charge is 0.497 e. The molecule has 1 heterocycles. The van der Waals surface area contributed by atoms with Crippen LogP contribution in [0.25, 0.3) is 22.5 Å². The van der Waals surface area contributed by atoms with Gasteiger partial charge in [-0.05, 0) is 73.9 Å². The van der Waals surface area contributed by atoms with Gasteiger partial charge in [-0.3, -0.25) is 9.89 Å². The van der Waals surface area contributed by atoms with Gasteiger partial charge in [0, 0.05) is 35.3 Å². The second-order valence-electron chi connectivity index (χ2n) is 8.72. The van der Waals surface area contributed by atoms with E-state index in [4.69, 9.17) is 4.74 Å². The van der Waals surface area contributed by atoms with Gasteiger partial charge in [-0.1, -0.05) is 19.1 Å². The van der Waals surface area contributed by atoms with Gasteiger partial charge in [-0.15, -0.1) is 0 Å². The number of benzene rings is 2. The molecule has 0 aliphatic heterocycles. The van der Waals surface area contributed by atoms with Crippen molar-refractivity contribution in [3.05, 3.63) is 59.2 Å². The monoisotopic (exact) mass is 415 g/mol. The fourth-order valence-electron chi connectivity index (χ4n) is 4.59. The minimum atomic E-state index is 0.146. The summed E-state index contributed by atoms with van der Waals surface area (Å²) in [6.07, 6.45) is 5.41. The van der Waals surface area contributed by atoms with Gasteiger partial charge < -0.3 is 9.64 Å². The molecule has 1 N–H and O–H groups in total. The summed E-state index contributed by atoms with van der Waals surface area (Å²) < 4.78 is 5.37. The number of nitrogens with one attached hydrogen (secondary N) is 1. The molecule has 0 spiro atoms. The van der Waals surface area contributed by atoms with Crippen LogP contribution in [0.4, 0.5) is 0 Å². The molecule has 2 aliphatic carbocycles. The zero-order chi connectivity index (χ0) is 21.4. The van der Waals surface area contributed by atoms with E-state index in [1.54, 1.807) is 7.11 Å². The summed E-state index contributed by atoms with van der Waals surface area (Å²) in [4.78, 5) is 15.0. The van der Waals surface area contributed by atoms with Crippen LogP contribution >= 0.6 is 0 Å². The lowest BCUT2D eigenvalue weighted by molar-refractivity contribution is 0.0747. The maximum Gasteiger partial charge on any atom is 0.253 e. The Labute approximate surface area is 183 Å². The van der Waals surface area contributed by atoms with Crippen LogP contribution in [-0.4, -0.2) is 41.2 Å². The molecule has 1 fully saturated rings. The quantitative estimate of drug-likeness (QED) is 0.583. The Morgan fingerprint density at radius 2 is 1.97 bits per heavy atom. The topological polar surface area (TPSA) is 58.2 Å². The number of aromatic nitrogens is 2. The number of hydrogen-bond acceptors (Lipinski definition) is 3. The second kappa shape index (κ2) is 8.22. The molecule has 1 saturated carbocycles. The summed E-state index contributed by atoms with van der Waals surface area (Å²) in [6.45, 7) is 3.85. The van der Waals surface area contributed by atoms with Crippen LogP contribution in [-0.2, 0) is 12.8 Å². The molecule has 0 unspecified atom stereocenters. The second-order valence-corrected chi connectivity index (χ2v) is 8.72. The van der Waals surface area contributed by atoms with Gasteiger partial charge in [0.2, 0.25) is 0 Å². The Kier molecular flexibility index (Phi) is 5.26. The van der Waals surface area contributed by atoms with E-state index < -0.39 is 0 Å². The van der Waals surface area contributed by atoms with Crippen molar-refractivity contribution in [3.63, 3.8) is 0 Å². The molecule has 2 aromatic carbocycles. The Balaban J connectivity index is 1.39. The van der Waals surface area contributed by atoms with Crippen LogP contribution < -0.4 is 4.74 Å². The SMILES string of the molecule is CCCN(CC1CC1)C(=O)c1ccc(-c2n[nH]c3c2CCc2cc(OC)ccc2-3)cc1. The highest BCUT2D eigenvalue weighted by Gasteiger charge is 2.27. The molecular weight excluding hydrogens is 386 g/mol. The van der Waals surface area contributed by atoms with Crippen molar-refractivity contribution in [1.82, 2.24) is 15.1 Å². The number of methoxy groups -OCH3 is 1. The molecule has 0 radical (unpaired) electrons. The van der Waals surface area contributed by atoms with E-state index in [0.29, 0.717) is 5.92 Å². The molecule has 1 aromatic heterocycles. The number of nitrogens with zero attached hydrogens (tertiary/aromatic N) is 2. The van der Waals surface area contributed by atoms with Crippen LogP contribution in [0.15, 0.2) is 42.5 Å². The first-order chi connectivity index (χ1) is 15.2. The summed E-state index contributed by atoms with van der Waals surface area (Å²) in [6, 6.07) is 14.2. The van der Waals surface area contributed by atoms with Crippen molar-refractivity contribution < 1.29 is 9.53 Å². The zero-order valence-corrected chi connectivity index (χ0v) is 18.3. The summed E-state index contributed by atoms with van der Waals surface area (Å²) in [5, 5.41) is 7.90. The normalized spacial score (nSPS) is 14.6. The van der Waals surface area contributed by atoms with E-state index in [-0.39, 0.29) is 5.91 Å². The molecular formula is C26H29N3O2. The number of hydrogen-bond donors (Lipinski definition) is 1. The standard InChI is InChI=1S/C26H29N3O2/c1-3-14-29(16-17-4-5-17)26(30)19-8-6-18(7-9-19)24-23-12-10-20-15-21(31-2)11-13-22(20)25(23)28-27-24/h6-9,11,13,15,17H,3-5,10,12,14,16H2,1-2H3,(H,27,28). The first kappa shape index (κ1) is 19.9. The van der Waals surface area contributed by atoms with Gasteiger partial charge >= 0.3 is 0 Å². The lowest BCUT2D eigenvalue weighted by Crippen LogP contribution is -2.33. The van der Waals surface area contributed by atoms with Crippen LogP contribution in [0.5, 0.6) is 5.75 Å². The van der Waals surface area contributed by atoms with Crippen LogP contribution in [0.2, 0.25) is 0 Å². The Hall–Kier alpha value is -3.08. The number of amides is 1. The van der Waals surface area contributed by atoms with Crippen LogP contribution in [0.3, 0.4) is 0 Å². The van der Waals surface area contributed by atoms with Gasteiger partial charge in [0.15, 0.2) is 0 Å². The van der Waals surface area contributed by atoms with Crippen molar-refractivity contribution in [3.8, 4) is 28.3 Å². The van der Waals surface area contributed by atoms with Crippen LogP contribution in [0, 0.1) is 5.92 Å². The Morgan fingerprint density at radius 3 is 2.68 bits per heavy atom. The molecule has 31 heavy (non-hydrogen) atoms. The Morgan fingerprint density at radius 1 is 1.16 bits per heavy atom. The predicted molar refractivity (Wildman–Crippen MR) is 122 cm³/mol. The van der Waals surface area contributed by atoms with Crippen molar-refractivity contribution in [2.75, 3.05) is 20.2 Å². The summed E-state index contributed by atoms with van der Waals surface area (Å²) >= 11 is 0. The van der Waals surface area contributed by atoms with E-state index in [9.17, 15) is 4.79 Å². The van der Waals surface area contributed by atoms with E-state index in [2.05, 4.69) is 29.3 Å². The number of rotatable bonds is 7. The fraction of sp³-hybridized carbons (Fsp3) is 0.385. The number of carbonyl (C=O) groups is 1. The van der Waals surface area contributed by atoms with Crippen LogP contribution in [0.1, 0.15) is 47.7 Å². The molecule has 5 heteroatoms. The van der Waals surface area contributed by atoms with Crippen molar-refractivity contribution in [2.45, 2.75) is 39.0 Å². The minimum Gasteiger partial charge on any atom is -0.497 e. The number of carbonyl (C=O) groups excluding carboxylic acids is 1. The van der Waals surface area contributed by atoms with Gasteiger partial charge in [0.05, 0.1) is 18.5 Å². The molecule has 0 atom stereocenters. The van der Waals surface area contributed by atoms with E-state index in [1.165, 1.54) is 29.5 Å². The number of aryl methyl sites for hydroxylation is 1. The lowest BCUT2D eigenvalue weighted by Gasteiger charge is -2.22. The average Bonchev–Trinajstić information content (AvgIpc) is 3.52. The minimum absolute atomic E-state index is 0.146. The highest BCUT2D eigenvalue weighted by Crippen LogP contribution is 2.38. The average molecular weight is 416 g/mol. The third kappa shape index (κ3) is 3.85. The summed E-state index contributed by atoms with van der Waals surface area (Å²) in [5.41, 5.74) is 7.63. The summed E-state index contributed by atoms with van der Waals surface area (Å²) in [5.74, 6) is 1.74. The molecule has 2 aliphatic rings. The number of ether oxygens (including phenoxy) is 1. The highest BCUT2D eigenvalue weighted by molar-refractivity contribution is 5.95. The molecule has 1 amide bonds. The van der Waals surface area contributed by atoms with Crippen molar-refractivity contribution >= 4 is 5.91 Å². The maximum atomic E-state index is 13.0. The van der Waals surface area contributed by atoms with Gasteiger partial charge in [-0.25, -0.2) is 0 Å². The molecule has 3 aromatic rings. The molecule has 160 valence electrons. The zero-order valence-electron chi connectivity index (χ0n) is 18.3. The maximum absolute atomic E-state index is 13.0. The molecule has 0 saturated heterocycles. The molecule has 5 nitrogen and oxygen atoms in total. The number of H-pyrrole nitrogens is 1. The van der Waals surface area contributed by atoms with E-state index in [1.807, 2.05) is 35.2 Å². The summed E-state index contributed by atoms with van der Waals surface area (Å²) in [7, 11) is 1.70. The van der Waals surface area contributed by atoms with Crippen molar-refractivity contribution in [2.24, 2.45) is 5.92 Å². The fourth-order valence-corrected chi connectivity index (χ4v) is 4.59. The van der Waals surface area contributed by atoms with Gasteiger partial charge in [0.1, 0.15) is 5.75 Å². The number of fused-ring (bicyclic) bond motifs is 3. The van der Waals surface area contributed by atoms with Gasteiger partial charge in [-0.2, -0.15) is 5.10 Å². The van der Waals surface area contributed by atoms with E-state index >= 15 is 0 Å². The predicted octanol–water partition coefficient (Wildman–Crippen LogP) is 5.11. The first-order valence-electron chi connectivity index (χ1n) is 11.3. The third-order valence-electron chi connectivity index (χ3n) is 6.45. The Bertz CT molecular complexity index is 1100. The molecule has 0 bridgehead atoms. The first-order valence-corrected chi connectivity index (χ1v) is 11.3. The lowest BCUT2D eigenvalue weighted by atomic mass is 9.87. The smallest absolute Gasteiger partial charge is 0.253 e. The van der Waals surface area contributed by atoms with Crippen molar-refractivity contribution in [1.29, 1.82) is 0 Å². The van der Waals surface area contributed by atoms with E-state index in [0.717, 1.165) is 60.6 Å².